The van der Waals surface area contributed by atoms with E-state index in [4.69, 9.17) is 27.2 Å². The summed E-state index contributed by atoms with van der Waals surface area (Å²) in [6.45, 7) is -0.119. The molecule has 0 aliphatic rings. The molecule has 0 heterocycles. The molecule has 2 rings (SSSR count). The Balaban J connectivity index is 2.11. The fraction of sp³-hybridized carbons (Fsp3) is 0.200. The summed E-state index contributed by atoms with van der Waals surface area (Å²) in [4.78, 5) is 0. The average molecular weight is 296 g/mol. The van der Waals surface area contributed by atoms with Gasteiger partial charge < -0.3 is 15.6 Å². The number of halogens is 2. The molecule has 0 amide bonds. The van der Waals surface area contributed by atoms with Crippen LogP contribution >= 0.6 is 11.6 Å². The molecule has 0 saturated carbocycles. The Hall–Kier alpha value is -1.62. The van der Waals surface area contributed by atoms with Crippen LogP contribution in [0, 0.1) is 5.82 Å². The van der Waals surface area contributed by atoms with Gasteiger partial charge in [-0.1, -0.05) is 29.8 Å². The van der Waals surface area contributed by atoms with Gasteiger partial charge in [-0.3, -0.25) is 0 Å². The van der Waals surface area contributed by atoms with Crippen molar-refractivity contribution < 1.29 is 14.2 Å². The Morgan fingerprint density at radius 2 is 2.00 bits per heavy atom. The fourth-order valence-electron chi connectivity index (χ4n) is 1.77. The van der Waals surface area contributed by atoms with Gasteiger partial charge in [-0.15, -0.1) is 0 Å². The number of hydrogen-bond acceptors (Lipinski definition) is 3. The van der Waals surface area contributed by atoms with Crippen LogP contribution in [-0.2, 0) is 6.61 Å². The first-order valence-electron chi connectivity index (χ1n) is 6.14. The normalized spacial score (nSPS) is 12.2. The van der Waals surface area contributed by atoms with Crippen LogP contribution in [-0.4, -0.2) is 11.7 Å². The first kappa shape index (κ1) is 14.8. The van der Waals surface area contributed by atoms with Gasteiger partial charge in [0.05, 0.1) is 17.7 Å². The highest BCUT2D eigenvalue weighted by Gasteiger charge is 2.09. The largest absolute Gasteiger partial charge is 0.489 e. The molecule has 1 atom stereocenters. The SMILES string of the molecule is N[C@@H](CO)c1cccc(OCc2c(F)cccc2Cl)c1. The van der Waals surface area contributed by atoms with Crippen molar-refractivity contribution in [1.82, 2.24) is 0 Å². The number of aliphatic hydroxyl groups is 1. The van der Waals surface area contributed by atoms with Gasteiger partial charge in [0.15, 0.2) is 0 Å². The van der Waals surface area contributed by atoms with Crippen LogP contribution < -0.4 is 10.5 Å². The number of ether oxygens (including phenoxy) is 1. The minimum absolute atomic E-state index is 0.0311. The highest BCUT2D eigenvalue weighted by atomic mass is 35.5. The second kappa shape index (κ2) is 6.70. The molecule has 0 aliphatic heterocycles. The molecule has 106 valence electrons. The van der Waals surface area contributed by atoms with Gasteiger partial charge in [0.25, 0.3) is 0 Å². The summed E-state index contributed by atoms with van der Waals surface area (Å²) in [5, 5.41) is 9.35. The van der Waals surface area contributed by atoms with Crippen LogP contribution in [0.15, 0.2) is 42.5 Å². The van der Waals surface area contributed by atoms with Crippen LogP contribution in [0.25, 0.3) is 0 Å². The van der Waals surface area contributed by atoms with E-state index in [0.29, 0.717) is 16.3 Å². The van der Waals surface area contributed by atoms with E-state index in [2.05, 4.69) is 0 Å². The van der Waals surface area contributed by atoms with Crippen LogP contribution in [0.3, 0.4) is 0 Å². The van der Waals surface area contributed by atoms with E-state index < -0.39 is 11.9 Å². The lowest BCUT2D eigenvalue weighted by Gasteiger charge is -2.12. The maximum absolute atomic E-state index is 13.6. The lowest BCUT2D eigenvalue weighted by atomic mass is 10.1. The Bertz CT molecular complexity index is 572. The van der Waals surface area contributed by atoms with Crippen LogP contribution in [0.5, 0.6) is 5.75 Å². The van der Waals surface area contributed by atoms with Gasteiger partial charge >= 0.3 is 0 Å². The Labute approximate surface area is 121 Å². The third-order valence-corrected chi connectivity index (χ3v) is 3.28. The van der Waals surface area contributed by atoms with E-state index >= 15 is 0 Å². The molecule has 2 aromatic carbocycles. The van der Waals surface area contributed by atoms with Crippen molar-refractivity contribution in [3.8, 4) is 5.75 Å². The van der Waals surface area contributed by atoms with Gasteiger partial charge in [0.1, 0.15) is 18.2 Å². The van der Waals surface area contributed by atoms with Crippen molar-refractivity contribution in [3.63, 3.8) is 0 Å². The third kappa shape index (κ3) is 3.48. The molecule has 20 heavy (non-hydrogen) atoms. The summed E-state index contributed by atoms with van der Waals surface area (Å²) in [5.41, 5.74) is 6.80. The number of aliphatic hydroxyl groups excluding tert-OH is 1. The van der Waals surface area contributed by atoms with Gasteiger partial charge in [0.2, 0.25) is 0 Å². The maximum Gasteiger partial charge on any atom is 0.131 e. The number of hydrogen-bond donors (Lipinski definition) is 2. The van der Waals surface area contributed by atoms with Gasteiger partial charge in [-0.05, 0) is 29.8 Å². The lowest BCUT2D eigenvalue weighted by molar-refractivity contribution is 0.266. The van der Waals surface area contributed by atoms with E-state index in [1.165, 1.54) is 6.07 Å². The lowest BCUT2D eigenvalue weighted by Crippen LogP contribution is -2.14. The average Bonchev–Trinajstić information content (AvgIpc) is 2.46. The van der Waals surface area contributed by atoms with Crippen LogP contribution in [0.2, 0.25) is 5.02 Å². The molecular formula is C15H15ClFNO2. The first-order valence-corrected chi connectivity index (χ1v) is 6.51. The predicted octanol–water partition coefficient (Wildman–Crippen LogP) is 3.05. The molecule has 0 aromatic heterocycles. The van der Waals surface area contributed by atoms with Crippen molar-refractivity contribution in [1.29, 1.82) is 0 Å². The van der Waals surface area contributed by atoms with E-state index in [0.717, 1.165) is 5.56 Å². The zero-order valence-corrected chi connectivity index (χ0v) is 11.5. The molecule has 3 nitrogen and oxygen atoms in total. The van der Waals surface area contributed by atoms with Crippen molar-refractivity contribution in [2.45, 2.75) is 12.6 Å². The Kier molecular flexibility index (Phi) is 4.95. The van der Waals surface area contributed by atoms with Gasteiger partial charge in [-0.2, -0.15) is 0 Å². The van der Waals surface area contributed by atoms with Crippen molar-refractivity contribution in [2.24, 2.45) is 5.73 Å². The molecule has 2 aromatic rings. The van der Waals surface area contributed by atoms with Gasteiger partial charge in [-0.25, -0.2) is 4.39 Å². The number of nitrogens with two attached hydrogens (primary N) is 1. The third-order valence-electron chi connectivity index (χ3n) is 2.93. The molecule has 0 fully saturated rings. The zero-order valence-electron chi connectivity index (χ0n) is 10.7. The van der Waals surface area contributed by atoms with Crippen molar-refractivity contribution >= 4 is 11.6 Å². The summed E-state index contributed by atoms with van der Waals surface area (Å²) < 4.78 is 19.1. The molecule has 5 heteroatoms. The summed E-state index contributed by atoms with van der Waals surface area (Å²) in [6.07, 6.45) is 0. The monoisotopic (exact) mass is 295 g/mol. The smallest absolute Gasteiger partial charge is 0.131 e. The first-order chi connectivity index (χ1) is 9.61. The Morgan fingerprint density at radius 1 is 1.25 bits per heavy atom. The summed E-state index contributed by atoms with van der Waals surface area (Å²) in [7, 11) is 0. The molecule has 0 spiro atoms. The minimum atomic E-state index is -0.462. The van der Waals surface area contributed by atoms with Gasteiger partial charge in [0, 0.05) is 5.56 Å². The van der Waals surface area contributed by atoms with E-state index in [9.17, 15) is 4.39 Å². The highest BCUT2D eigenvalue weighted by molar-refractivity contribution is 6.31. The summed E-state index contributed by atoms with van der Waals surface area (Å²) in [5.74, 6) is 0.145. The quantitative estimate of drug-likeness (QED) is 0.891. The highest BCUT2D eigenvalue weighted by Crippen LogP contribution is 2.23. The minimum Gasteiger partial charge on any atom is -0.489 e. The molecule has 3 N–H and O–H groups in total. The van der Waals surface area contributed by atoms with E-state index in [-0.39, 0.29) is 13.2 Å². The maximum atomic E-state index is 13.6. The molecule has 0 bridgehead atoms. The molecule has 0 unspecified atom stereocenters. The topological polar surface area (TPSA) is 55.5 Å². The second-order valence-electron chi connectivity index (χ2n) is 4.35. The van der Waals surface area contributed by atoms with E-state index in [1.807, 2.05) is 0 Å². The van der Waals surface area contributed by atoms with Crippen molar-refractivity contribution in [3.05, 3.63) is 64.4 Å². The Morgan fingerprint density at radius 3 is 2.70 bits per heavy atom. The van der Waals surface area contributed by atoms with Crippen molar-refractivity contribution in [2.75, 3.05) is 6.61 Å². The molecule has 0 radical (unpaired) electrons. The van der Waals surface area contributed by atoms with Crippen LogP contribution in [0.4, 0.5) is 4.39 Å². The number of benzene rings is 2. The summed E-state index contributed by atoms with van der Waals surface area (Å²) in [6, 6.07) is 11.0. The second-order valence-corrected chi connectivity index (χ2v) is 4.76. The standard InChI is InChI=1S/C15H15ClFNO2/c16-13-5-2-6-14(17)12(13)9-20-11-4-1-3-10(7-11)15(18)8-19/h1-7,15,19H,8-9,18H2/t15-/m0/s1. The predicted molar refractivity (Wildman–Crippen MR) is 76.2 cm³/mol. The molecule has 0 saturated heterocycles. The molecule has 0 aliphatic carbocycles. The van der Waals surface area contributed by atoms with E-state index in [1.54, 1.807) is 36.4 Å². The summed E-state index contributed by atoms with van der Waals surface area (Å²) >= 11 is 5.93. The fourth-order valence-corrected chi connectivity index (χ4v) is 1.98. The molecular weight excluding hydrogens is 281 g/mol. The van der Waals surface area contributed by atoms with Crippen LogP contribution in [0.1, 0.15) is 17.2 Å². The zero-order chi connectivity index (χ0) is 14.5. The number of rotatable bonds is 5.